The van der Waals surface area contributed by atoms with Crippen LogP contribution in [0.15, 0.2) is 48.0 Å². The van der Waals surface area contributed by atoms with E-state index in [1.807, 2.05) is 89.2 Å². The van der Waals surface area contributed by atoms with Crippen molar-refractivity contribution in [1.29, 1.82) is 0 Å². The molecule has 3 rings (SSSR count). The van der Waals surface area contributed by atoms with Crippen LogP contribution >= 0.6 is 0 Å². The van der Waals surface area contributed by atoms with E-state index in [0.29, 0.717) is 24.4 Å². The van der Waals surface area contributed by atoms with E-state index >= 15 is 0 Å². The fraction of sp³-hybridized carbons (Fsp3) is 0.385. The Kier molecular flexibility index (Phi) is 7.04. The topological polar surface area (TPSA) is 70.1 Å². The standard InChI is InChI=1S/C26H32N2O4/c1-16(2)32-20-11-9-19(10-12-20)23-22(24(29)21-15-17(3)7-8-18(21)4)25(30)26(31)28(23)14-13-27(5)6/h7-12,15-16,23,29H,13-14H2,1-6H3/b24-22+. The summed E-state index contributed by atoms with van der Waals surface area (Å²) in [5, 5.41) is 11.3. The van der Waals surface area contributed by atoms with Gasteiger partial charge in [-0.05, 0) is 71.1 Å². The number of nitrogens with zero attached hydrogens (tertiary/aromatic N) is 2. The maximum atomic E-state index is 13.1. The van der Waals surface area contributed by atoms with Gasteiger partial charge in [-0.2, -0.15) is 0 Å². The number of aliphatic hydroxyl groups is 1. The zero-order valence-corrected chi connectivity index (χ0v) is 19.7. The molecule has 1 aliphatic rings. The summed E-state index contributed by atoms with van der Waals surface area (Å²) >= 11 is 0. The van der Waals surface area contributed by atoms with Crippen molar-refractivity contribution in [1.82, 2.24) is 9.80 Å². The summed E-state index contributed by atoms with van der Waals surface area (Å²) in [6.45, 7) is 8.68. The number of hydrogen-bond donors (Lipinski definition) is 1. The molecule has 6 nitrogen and oxygen atoms in total. The minimum Gasteiger partial charge on any atom is -0.507 e. The predicted molar refractivity (Wildman–Crippen MR) is 126 cm³/mol. The van der Waals surface area contributed by atoms with E-state index in [1.54, 1.807) is 4.90 Å². The molecule has 1 fully saturated rings. The Balaban J connectivity index is 2.14. The van der Waals surface area contributed by atoms with Crippen molar-refractivity contribution in [2.24, 2.45) is 0 Å². The van der Waals surface area contributed by atoms with Crippen LogP contribution in [0.2, 0.25) is 0 Å². The minimum absolute atomic E-state index is 0.0378. The van der Waals surface area contributed by atoms with Crippen LogP contribution in [-0.2, 0) is 9.59 Å². The Morgan fingerprint density at radius 3 is 2.34 bits per heavy atom. The third-order valence-electron chi connectivity index (χ3n) is 5.54. The van der Waals surface area contributed by atoms with E-state index in [4.69, 9.17) is 4.74 Å². The Bertz CT molecular complexity index is 1040. The summed E-state index contributed by atoms with van der Waals surface area (Å²) in [6.07, 6.45) is 0.0378. The Morgan fingerprint density at radius 2 is 1.75 bits per heavy atom. The molecule has 1 N–H and O–H groups in total. The van der Waals surface area contributed by atoms with E-state index in [-0.39, 0.29) is 17.4 Å². The van der Waals surface area contributed by atoms with Crippen molar-refractivity contribution in [2.45, 2.75) is 39.8 Å². The molecule has 1 heterocycles. The first kappa shape index (κ1) is 23.5. The van der Waals surface area contributed by atoms with Gasteiger partial charge in [-0.15, -0.1) is 0 Å². The number of amides is 1. The van der Waals surface area contributed by atoms with Gasteiger partial charge in [0.05, 0.1) is 17.7 Å². The molecule has 1 unspecified atom stereocenters. The molecule has 0 aliphatic carbocycles. The molecular formula is C26H32N2O4. The number of likely N-dealkylation sites (tertiary alicyclic amines) is 1. The highest BCUT2D eigenvalue weighted by atomic mass is 16.5. The smallest absolute Gasteiger partial charge is 0.295 e. The molecular weight excluding hydrogens is 404 g/mol. The highest BCUT2D eigenvalue weighted by Crippen LogP contribution is 2.40. The number of benzene rings is 2. The SMILES string of the molecule is Cc1ccc(C)c(/C(O)=C2\C(=O)C(=O)N(CCN(C)C)C2c2ccc(OC(C)C)cc2)c1. The first-order valence-corrected chi connectivity index (χ1v) is 10.9. The van der Waals surface area contributed by atoms with Gasteiger partial charge in [0.15, 0.2) is 0 Å². The van der Waals surface area contributed by atoms with Crippen LogP contribution in [0.1, 0.15) is 42.1 Å². The van der Waals surface area contributed by atoms with Gasteiger partial charge >= 0.3 is 0 Å². The average molecular weight is 437 g/mol. The number of likely N-dealkylation sites (N-methyl/N-ethyl adjacent to an activating group) is 1. The van der Waals surface area contributed by atoms with Crippen molar-refractivity contribution < 1.29 is 19.4 Å². The lowest BCUT2D eigenvalue weighted by molar-refractivity contribution is -0.140. The van der Waals surface area contributed by atoms with Gasteiger partial charge in [0.1, 0.15) is 11.5 Å². The molecule has 0 bridgehead atoms. The number of carbonyl (C=O) groups is 2. The lowest BCUT2D eigenvalue weighted by Crippen LogP contribution is -2.35. The molecule has 1 aliphatic heterocycles. The number of aliphatic hydroxyl groups excluding tert-OH is 1. The van der Waals surface area contributed by atoms with E-state index < -0.39 is 17.7 Å². The van der Waals surface area contributed by atoms with Crippen LogP contribution in [0.4, 0.5) is 0 Å². The molecule has 0 radical (unpaired) electrons. The normalized spacial score (nSPS) is 18.1. The highest BCUT2D eigenvalue weighted by Gasteiger charge is 2.46. The first-order chi connectivity index (χ1) is 15.1. The summed E-state index contributed by atoms with van der Waals surface area (Å²) in [5.41, 5.74) is 3.25. The van der Waals surface area contributed by atoms with Crippen molar-refractivity contribution in [2.75, 3.05) is 27.2 Å². The Morgan fingerprint density at radius 1 is 1.09 bits per heavy atom. The van der Waals surface area contributed by atoms with E-state index in [1.165, 1.54) is 0 Å². The van der Waals surface area contributed by atoms with Crippen LogP contribution in [-0.4, -0.2) is 59.9 Å². The third-order valence-corrected chi connectivity index (χ3v) is 5.54. The number of hydrogen-bond acceptors (Lipinski definition) is 5. The zero-order valence-electron chi connectivity index (χ0n) is 19.7. The molecule has 0 spiro atoms. The fourth-order valence-corrected chi connectivity index (χ4v) is 3.90. The number of ether oxygens (including phenoxy) is 1. The van der Waals surface area contributed by atoms with Gasteiger partial charge in [0.25, 0.3) is 11.7 Å². The quantitative estimate of drug-likeness (QED) is 0.402. The van der Waals surface area contributed by atoms with Gasteiger partial charge in [-0.1, -0.05) is 29.8 Å². The number of rotatable bonds is 7. The van der Waals surface area contributed by atoms with Gasteiger partial charge in [0, 0.05) is 18.7 Å². The summed E-state index contributed by atoms with van der Waals surface area (Å²) in [6, 6.07) is 12.4. The minimum atomic E-state index is -0.664. The molecule has 1 amide bonds. The maximum absolute atomic E-state index is 13.1. The number of carbonyl (C=O) groups excluding carboxylic acids is 2. The second-order valence-corrected chi connectivity index (χ2v) is 8.85. The van der Waals surface area contributed by atoms with Gasteiger partial charge in [-0.3, -0.25) is 9.59 Å². The lowest BCUT2D eigenvalue weighted by Gasteiger charge is -2.27. The van der Waals surface area contributed by atoms with Crippen LogP contribution < -0.4 is 4.74 Å². The van der Waals surface area contributed by atoms with Gasteiger partial charge in [0.2, 0.25) is 0 Å². The largest absolute Gasteiger partial charge is 0.507 e. The van der Waals surface area contributed by atoms with Crippen LogP contribution in [0, 0.1) is 13.8 Å². The van der Waals surface area contributed by atoms with Gasteiger partial charge in [-0.25, -0.2) is 0 Å². The number of Topliss-reactive ketones (excluding diaryl/α,β-unsaturated/α-hetero) is 1. The molecule has 1 saturated heterocycles. The molecule has 2 aromatic carbocycles. The lowest BCUT2D eigenvalue weighted by atomic mass is 9.93. The maximum Gasteiger partial charge on any atom is 0.295 e. The fourth-order valence-electron chi connectivity index (χ4n) is 3.90. The summed E-state index contributed by atoms with van der Waals surface area (Å²) < 4.78 is 5.74. The summed E-state index contributed by atoms with van der Waals surface area (Å²) in [4.78, 5) is 29.6. The van der Waals surface area contributed by atoms with Crippen molar-refractivity contribution in [3.8, 4) is 5.75 Å². The summed E-state index contributed by atoms with van der Waals surface area (Å²) in [5.74, 6) is -0.672. The Labute approximate surface area is 190 Å². The second kappa shape index (κ2) is 9.57. The molecule has 1 atom stereocenters. The van der Waals surface area contributed by atoms with E-state index in [2.05, 4.69) is 0 Å². The Hall–Kier alpha value is -3.12. The van der Waals surface area contributed by atoms with Crippen LogP contribution in [0.5, 0.6) is 5.75 Å². The second-order valence-electron chi connectivity index (χ2n) is 8.85. The highest BCUT2D eigenvalue weighted by molar-refractivity contribution is 6.46. The van der Waals surface area contributed by atoms with E-state index in [9.17, 15) is 14.7 Å². The zero-order chi connectivity index (χ0) is 23.6. The summed E-state index contributed by atoms with van der Waals surface area (Å²) in [7, 11) is 3.83. The number of aryl methyl sites for hydroxylation is 2. The first-order valence-electron chi connectivity index (χ1n) is 10.9. The van der Waals surface area contributed by atoms with Gasteiger partial charge < -0.3 is 19.6 Å². The predicted octanol–water partition coefficient (Wildman–Crippen LogP) is 4.07. The van der Waals surface area contributed by atoms with E-state index in [0.717, 1.165) is 16.7 Å². The monoisotopic (exact) mass is 436 g/mol. The van der Waals surface area contributed by atoms with Crippen LogP contribution in [0.25, 0.3) is 5.76 Å². The van der Waals surface area contributed by atoms with Crippen molar-refractivity contribution in [3.63, 3.8) is 0 Å². The molecule has 32 heavy (non-hydrogen) atoms. The van der Waals surface area contributed by atoms with Crippen LogP contribution in [0.3, 0.4) is 0 Å². The van der Waals surface area contributed by atoms with Crippen molar-refractivity contribution in [3.05, 3.63) is 70.3 Å². The average Bonchev–Trinajstić information content (AvgIpc) is 2.98. The molecule has 2 aromatic rings. The third kappa shape index (κ3) is 4.86. The molecule has 6 heteroatoms. The van der Waals surface area contributed by atoms with Crippen molar-refractivity contribution >= 4 is 17.4 Å². The molecule has 0 saturated carbocycles. The molecule has 170 valence electrons. The number of ketones is 1. The molecule has 0 aromatic heterocycles.